The lowest BCUT2D eigenvalue weighted by atomic mass is 10.1. The Balaban J connectivity index is 1.71. The molecule has 0 aliphatic carbocycles. The molecule has 3 aromatic rings. The summed E-state index contributed by atoms with van der Waals surface area (Å²) in [5, 5.41) is 2.82. The van der Waals surface area contributed by atoms with Crippen molar-refractivity contribution in [2.45, 2.75) is 26.2 Å². The molecule has 0 bridgehead atoms. The van der Waals surface area contributed by atoms with Crippen LogP contribution in [-0.4, -0.2) is 34.0 Å². The lowest BCUT2D eigenvalue weighted by Gasteiger charge is -2.15. The van der Waals surface area contributed by atoms with E-state index in [0.29, 0.717) is 13.1 Å². The van der Waals surface area contributed by atoms with Crippen LogP contribution in [0.15, 0.2) is 76.4 Å². The summed E-state index contributed by atoms with van der Waals surface area (Å²) in [6.45, 7) is 1.11. The second-order valence-electron chi connectivity index (χ2n) is 7.42. The Labute approximate surface area is 175 Å². The van der Waals surface area contributed by atoms with Gasteiger partial charge in [-0.1, -0.05) is 54.6 Å². The summed E-state index contributed by atoms with van der Waals surface area (Å²) in [4.78, 5) is 39.4. The number of hydrogen-bond acceptors (Lipinski definition) is 4. The fourth-order valence-corrected chi connectivity index (χ4v) is 3.22. The Morgan fingerprint density at radius 2 is 1.60 bits per heavy atom. The monoisotopic (exact) mass is 406 g/mol. The van der Waals surface area contributed by atoms with Crippen LogP contribution < -0.4 is 16.6 Å². The SMILES string of the molecule is CN(C)Cc1ccccc1CNC(=O)Cn1c(=O)ccn(Cc2ccccc2)c1=O. The molecule has 0 aliphatic rings. The van der Waals surface area contributed by atoms with Gasteiger partial charge in [0.05, 0.1) is 6.54 Å². The van der Waals surface area contributed by atoms with Crippen LogP contribution in [0.5, 0.6) is 0 Å². The van der Waals surface area contributed by atoms with Crippen molar-refractivity contribution in [2.24, 2.45) is 0 Å². The molecule has 0 saturated heterocycles. The second-order valence-corrected chi connectivity index (χ2v) is 7.42. The van der Waals surface area contributed by atoms with Gasteiger partial charge in [-0.05, 0) is 30.8 Å². The Hall–Kier alpha value is -3.45. The van der Waals surface area contributed by atoms with E-state index in [2.05, 4.69) is 10.2 Å². The molecule has 0 atom stereocenters. The van der Waals surface area contributed by atoms with Gasteiger partial charge in [-0.25, -0.2) is 4.79 Å². The predicted octanol–water partition coefficient (Wildman–Crippen LogP) is 1.44. The normalized spacial score (nSPS) is 10.9. The number of carbonyl (C=O) groups is 1. The fourth-order valence-electron chi connectivity index (χ4n) is 3.22. The zero-order valence-electron chi connectivity index (χ0n) is 17.2. The van der Waals surface area contributed by atoms with E-state index in [1.54, 1.807) is 0 Å². The molecule has 1 amide bonds. The van der Waals surface area contributed by atoms with Crippen LogP contribution >= 0.6 is 0 Å². The van der Waals surface area contributed by atoms with Crippen molar-refractivity contribution in [3.63, 3.8) is 0 Å². The van der Waals surface area contributed by atoms with E-state index in [4.69, 9.17) is 0 Å². The maximum atomic E-state index is 12.7. The summed E-state index contributed by atoms with van der Waals surface area (Å²) in [6.07, 6.45) is 1.46. The molecule has 2 aromatic carbocycles. The Morgan fingerprint density at radius 3 is 2.30 bits per heavy atom. The highest BCUT2D eigenvalue weighted by atomic mass is 16.2. The van der Waals surface area contributed by atoms with E-state index in [1.165, 1.54) is 16.8 Å². The van der Waals surface area contributed by atoms with Crippen molar-refractivity contribution in [2.75, 3.05) is 14.1 Å². The molecule has 0 radical (unpaired) electrons. The molecular formula is C23H26N4O3. The first-order chi connectivity index (χ1) is 14.4. The lowest BCUT2D eigenvalue weighted by molar-refractivity contribution is -0.121. The molecule has 1 aromatic heterocycles. The molecule has 0 fully saturated rings. The van der Waals surface area contributed by atoms with Gasteiger partial charge in [0.1, 0.15) is 6.54 Å². The van der Waals surface area contributed by atoms with Crippen LogP contribution in [0.2, 0.25) is 0 Å². The first kappa shape index (κ1) is 21.3. The van der Waals surface area contributed by atoms with E-state index >= 15 is 0 Å². The van der Waals surface area contributed by atoms with Crippen molar-refractivity contribution in [1.29, 1.82) is 0 Å². The summed E-state index contributed by atoms with van der Waals surface area (Å²) < 4.78 is 2.39. The van der Waals surface area contributed by atoms with Gasteiger partial charge in [-0.15, -0.1) is 0 Å². The van der Waals surface area contributed by atoms with Gasteiger partial charge < -0.3 is 10.2 Å². The highest BCUT2D eigenvalue weighted by Gasteiger charge is 2.11. The standard InChI is InChI=1S/C23H26N4O3/c1-25(2)16-20-11-7-6-10-19(20)14-24-21(28)17-27-22(29)12-13-26(23(27)30)15-18-8-4-3-5-9-18/h3-13H,14-17H2,1-2H3,(H,24,28). The molecule has 7 heteroatoms. The average Bonchev–Trinajstić information content (AvgIpc) is 2.73. The molecule has 0 spiro atoms. The molecule has 156 valence electrons. The third-order valence-electron chi connectivity index (χ3n) is 4.72. The van der Waals surface area contributed by atoms with Crippen LogP contribution in [0, 0.1) is 0 Å². The van der Waals surface area contributed by atoms with Crippen LogP contribution in [0.4, 0.5) is 0 Å². The minimum atomic E-state index is -0.505. The number of nitrogens with zero attached hydrogens (tertiary/aromatic N) is 3. The third kappa shape index (κ3) is 5.55. The Kier molecular flexibility index (Phi) is 6.98. The molecule has 1 N–H and O–H groups in total. The summed E-state index contributed by atoms with van der Waals surface area (Å²) >= 11 is 0. The lowest BCUT2D eigenvalue weighted by Crippen LogP contribution is -2.43. The molecular weight excluding hydrogens is 380 g/mol. The predicted molar refractivity (Wildman–Crippen MR) is 116 cm³/mol. The Morgan fingerprint density at radius 1 is 0.933 bits per heavy atom. The van der Waals surface area contributed by atoms with E-state index in [-0.39, 0.29) is 12.5 Å². The van der Waals surface area contributed by atoms with Crippen LogP contribution in [0.3, 0.4) is 0 Å². The van der Waals surface area contributed by atoms with Crippen molar-refractivity contribution in [1.82, 2.24) is 19.4 Å². The van der Waals surface area contributed by atoms with Crippen molar-refractivity contribution in [3.05, 3.63) is 104 Å². The maximum absolute atomic E-state index is 12.7. The Bertz CT molecular complexity index is 1120. The average molecular weight is 406 g/mol. The maximum Gasteiger partial charge on any atom is 0.331 e. The van der Waals surface area contributed by atoms with Gasteiger partial charge >= 0.3 is 5.69 Å². The largest absolute Gasteiger partial charge is 0.350 e. The highest BCUT2D eigenvalue weighted by Crippen LogP contribution is 2.10. The van der Waals surface area contributed by atoms with Crippen molar-refractivity contribution >= 4 is 5.91 Å². The molecule has 1 heterocycles. The van der Waals surface area contributed by atoms with Gasteiger partial charge in [0.2, 0.25) is 5.91 Å². The minimum absolute atomic E-state index is 0.316. The number of aromatic nitrogens is 2. The number of nitrogens with one attached hydrogen (secondary N) is 1. The van der Waals surface area contributed by atoms with Crippen LogP contribution in [0.25, 0.3) is 0 Å². The molecule has 7 nitrogen and oxygen atoms in total. The van der Waals surface area contributed by atoms with E-state index < -0.39 is 11.2 Å². The first-order valence-electron chi connectivity index (χ1n) is 9.76. The smallest absolute Gasteiger partial charge is 0.331 e. The summed E-state index contributed by atoms with van der Waals surface area (Å²) in [5.41, 5.74) is 2.06. The highest BCUT2D eigenvalue weighted by molar-refractivity contribution is 5.75. The van der Waals surface area contributed by atoms with E-state index in [0.717, 1.165) is 27.8 Å². The van der Waals surface area contributed by atoms with Gasteiger partial charge in [-0.2, -0.15) is 0 Å². The minimum Gasteiger partial charge on any atom is -0.350 e. The van der Waals surface area contributed by atoms with Gasteiger partial charge in [0.15, 0.2) is 0 Å². The zero-order chi connectivity index (χ0) is 21.5. The number of amides is 1. The summed E-state index contributed by atoms with van der Waals surface area (Å²) in [5.74, 6) is -0.383. The molecule has 0 saturated carbocycles. The molecule has 0 aliphatic heterocycles. The second kappa shape index (κ2) is 9.84. The fraction of sp³-hybridized carbons (Fsp3) is 0.261. The first-order valence-corrected chi connectivity index (χ1v) is 9.76. The van der Waals surface area contributed by atoms with Gasteiger partial charge in [0, 0.05) is 25.4 Å². The van der Waals surface area contributed by atoms with E-state index in [9.17, 15) is 14.4 Å². The van der Waals surface area contributed by atoms with Crippen LogP contribution in [0.1, 0.15) is 16.7 Å². The van der Waals surface area contributed by atoms with Gasteiger partial charge in [-0.3, -0.25) is 18.7 Å². The van der Waals surface area contributed by atoms with Crippen LogP contribution in [-0.2, 0) is 31.0 Å². The molecule has 0 unspecified atom stereocenters. The number of hydrogen-bond donors (Lipinski definition) is 1. The third-order valence-corrected chi connectivity index (χ3v) is 4.72. The molecule has 30 heavy (non-hydrogen) atoms. The molecule has 3 rings (SSSR count). The zero-order valence-corrected chi connectivity index (χ0v) is 17.2. The topological polar surface area (TPSA) is 76.3 Å². The summed E-state index contributed by atoms with van der Waals surface area (Å²) in [7, 11) is 3.97. The van der Waals surface area contributed by atoms with E-state index in [1.807, 2.05) is 68.7 Å². The van der Waals surface area contributed by atoms with Crippen molar-refractivity contribution in [3.8, 4) is 0 Å². The van der Waals surface area contributed by atoms with Crippen molar-refractivity contribution < 1.29 is 4.79 Å². The quantitative estimate of drug-likeness (QED) is 0.614. The number of carbonyl (C=O) groups excluding carboxylic acids is 1. The summed E-state index contributed by atoms with van der Waals surface area (Å²) in [6, 6.07) is 18.6. The number of rotatable bonds is 8. The van der Waals surface area contributed by atoms with Gasteiger partial charge in [0.25, 0.3) is 5.56 Å². The number of benzene rings is 2.